The summed E-state index contributed by atoms with van der Waals surface area (Å²) in [6.45, 7) is 4.11. The molecule has 0 radical (unpaired) electrons. The predicted octanol–water partition coefficient (Wildman–Crippen LogP) is 3.44. The molecule has 0 saturated heterocycles. The van der Waals surface area contributed by atoms with E-state index in [4.69, 9.17) is 16.1 Å². The van der Waals surface area contributed by atoms with Crippen LogP contribution in [-0.4, -0.2) is 20.8 Å². The van der Waals surface area contributed by atoms with E-state index in [1.54, 1.807) is 17.8 Å². The average Bonchev–Trinajstić information content (AvgIpc) is 3.09. The van der Waals surface area contributed by atoms with Gasteiger partial charge in [0.15, 0.2) is 5.69 Å². The Balaban J connectivity index is 1.82. The number of amides is 1. The Hall–Kier alpha value is -2.60. The number of nitrogens with zero attached hydrogens (tertiary/aromatic N) is 3. The molecule has 0 saturated carbocycles. The quantitative estimate of drug-likeness (QED) is 0.795. The van der Waals surface area contributed by atoms with E-state index in [-0.39, 0.29) is 11.6 Å². The van der Waals surface area contributed by atoms with Gasteiger partial charge in [-0.3, -0.25) is 9.48 Å². The van der Waals surface area contributed by atoms with Crippen LogP contribution < -0.4 is 5.32 Å². The highest BCUT2D eigenvalue weighted by Crippen LogP contribution is 2.18. The third kappa shape index (κ3) is 3.43. The molecule has 0 aliphatic heterocycles. The van der Waals surface area contributed by atoms with Crippen molar-refractivity contribution in [1.82, 2.24) is 14.9 Å². The SMILES string of the molecule is Cc1ccc(NC(=O)c2noc(C)c2Cn2cc(Cl)cn2)cc1. The molecule has 0 bridgehead atoms. The number of hydrogen-bond acceptors (Lipinski definition) is 4. The Morgan fingerprint density at radius 1 is 1.30 bits per heavy atom. The molecule has 0 unspecified atom stereocenters. The van der Waals surface area contributed by atoms with Crippen molar-refractivity contribution in [3.8, 4) is 0 Å². The summed E-state index contributed by atoms with van der Waals surface area (Å²) in [5.74, 6) is 0.254. The fourth-order valence-corrected chi connectivity index (χ4v) is 2.33. The zero-order valence-corrected chi connectivity index (χ0v) is 13.5. The zero-order valence-electron chi connectivity index (χ0n) is 12.7. The van der Waals surface area contributed by atoms with Crippen molar-refractivity contribution in [2.75, 3.05) is 5.32 Å². The number of carbonyl (C=O) groups is 1. The number of halogens is 1. The molecule has 0 aliphatic carbocycles. The number of aromatic nitrogens is 3. The minimum absolute atomic E-state index is 0.245. The molecule has 2 heterocycles. The van der Waals surface area contributed by atoms with Gasteiger partial charge < -0.3 is 9.84 Å². The zero-order chi connectivity index (χ0) is 16.4. The molecule has 3 rings (SSSR count). The van der Waals surface area contributed by atoms with Gasteiger partial charge in [-0.25, -0.2) is 0 Å². The first kappa shape index (κ1) is 15.3. The summed E-state index contributed by atoms with van der Waals surface area (Å²) in [5.41, 5.74) is 2.75. The van der Waals surface area contributed by atoms with Gasteiger partial charge in [-0.05, 0) is 26.0 Å². The van der Waals surface area contributed by atoms with E-state index in [2.05, 4.69) is 15.6 Å². The van der Waals surface area contributed by atoms with Gasteiger partial charge in [0.1, 0.15) is 5.76 Å². The fraction of sp³-hybridized carbons (Fsp3) is 0.188. The van der Waals surface area contributed by atoms with Crippen molar-refractivity contribution in [3.05, 3.63) is 64.3 Å². The molecular formula is C16H15ClN4O2. The summed E-state index contributed by atoms with van der Waals surface area (Å²) in [6, 6.07) is 7.53. The highest BCUT2D eigenvalue weighted by atomic mass is 35.5. The van der Waals surface area contributed by atoms with Crippen LogP contribution in [0.4, 0.5) is 5.69 Å². The number of rotatable bonds is 4. The molecule has 0 fully saturated rings. The van der Waals surface area contributed by atoms with Gasteiger partial charge in [0.2, 0.25) is 0 Å². The van der Waals surface area contributed by atoms with E-state index in [1.807, 2.05) is 31.2 Å². The summed E-state index contributed by atoms with van der Waals surface area (Å²) in [4.78, 5) is 12.4. The van der Waals surface area contributed by atoms with Crippen molar-refractivity contribution < 1.29 is 9.32 Å². The van der Waals surface area contributed by atoms with Gasteiger partial charge in [-0.1, -0.05) is 34.5 Å². The molecule has 118 valence electrons. The molecule has 23 heavy (non-hydrogen) atoms. The molecule has 3 aromatic rings. The maximum absolute atomic E-state index is 12.4. The first-order valence-electron chi connectivity index (χ1n) is 7.04. The third-order valence-corrected chi connectivity index (χ3v) is 3.63. The lowest BCUT2D eigenvalue weighted by atomic mass is 10.1. The molecule has 0 spiro atoms. The lowest BCUT2D eigenvalue weighted by Gasteiger charge is -2.05. The Morgan fingerprint density at radius 3 is 2.70 bits per heavy atom. The summed E-state index contributed by atoms with van der Waals surface area (Å²) >= 11 is 5.86. The molecule has 6 nitrogen and oxygen atoms in total. The van der Waals surface area contributed by atoms with Crippen LogP contribution >= 0.6 is 11.6 Å². The number of carbonyl (C=O) groups excluding carboxylic acids is 1. The molecule has 2 aromatic heterocycles. The van der Waals surface area contributed by atoms with Crippen molar-refractivity contribution >= 4 is 23.2 Å². The second-order valence-corrected chi connectivity index (χ2v) is 5.68. The number of benzene rings is 1. The van der Waals surface area contributed by atoms with Crippen LogP contribution in [0.15, 0.2) is 41.2 Å². The summed E-state index contributed by atoms with van der Waals surface area (Å²) in [6.07, 6.45) is 3.21. The Labute approximate surface area is 138 Å². The van der Waals surface area contributed by atoms with E-state index in [1.165, 1.54) is 6.20 Å². The van der Waals surface area contributed by atoms with Crippen molar-refractivity contribution in [2.24, 2.45) is 0 Å². The van der Waals surface area contributed by atoms with E-state index in [0.29, 0.717) is 28.6 Å². The number of anilines is 1. The minimum atomic E-state index is -0.320. The predicted molar refractivity (Wildman–Crippen MR) is 86.7 cm³/mol. The maximum Gasteiger partial charge on any atom is 0.278 e. The maximum atomic E-state index is 12.4. The van der Waals surface area contributed by atoms with E-state index < -0.39 is 0 Å². The summed E-state index contributed by atoms with van der Waals surface area (Å²) in [5, 5.41) is 11.3. The van der Waals surface area contributed by atoms with Crippen LogP contribution in [0.1, 0.15) is 27.4 Å². The van der Waals surface area contributed by atoms with E-state index >= 15 is 0 Å². The first-order chi connectivity index (χ1) is 11.0. The van der Waals surface area contributed by atoms with Gasteiger partial charge in [-0.2, -0.15) is 5.10 Å². The Bertz CT molecular complexity index is 836. The number of aryl methyl sites for hydroxylation is 2. The van der Waals surface area contributed by atoms with E-state index in [0.717, 1.165) is 5.56 Å². The van der Waals surface area contributed by atoms with Crippen LogP contribution in [0, 0.1) is 13.8 Å². The topological polar surface area (TPSA) is 73.0 Å². The van der Waals surface area contributed by atoms with Gasteiger partial charge in [-0.15, -0.1) is 0 Å². The van der Waals surface area contributed by atoms with Gasteiger partial charge in [0.25, 0.3) is 5.91 Å². The van der Waals surface area contributed by atoms with Crippen LogP contribution in [0.5, 0.6) is 0 Å². The standard InChI is InChI=1S/C16H15ClN4O2/c1-10-3-5-13(6-4-10)19-16(22)15-14(11(2)23-20-15)9-21-8-12(17)7-18-21/h3-8H,9H2,1-2H3,(H,19,22). The number of nitrogens with one attached hydrogen (secondary N) is 1. The second-order valence-electron chi connectivity index (χ2n) is 5.24. The average molecular weight is 331 g/mol. The highest BCUT2D eigenvalue weighted by Gasteiger charge is 2.20. The first-order valence-corrected chi connectivity index (χ1v) is 7.42. The summed E-state index contributed by atoms with van der Waals surface area (Å²) < 4.78 is 6.80. The largest absolute Gasteiger partial charge is 0.361 e. The normalized spacial score (nSPS) is 10.7. The van der Waals surface area contributed by atoms with Crippen molar-refractivity contribution in [2.45, 2.75) is 20.4 Å². The molecule has 1 amide bonds. The van der Waals surface area contributed by atoms with Crippen LogP contribution in [0.3, 0.4) is 0 Å². The molecule has 0 atom stereocenters. The van der Waals surface area contributed by atoms with Gasteiger partial charge in [0, 0.05) is 17.4 Å². The lowest BCUT2D eigenvalue weighted by Crippen LogP contribution is -2.16. The number of hydrogen-bond donors (Lipinski definition) is 1. The summed E-state index contributed by atoms with van der Waals surface area (Å²) in [7, 11) is 0. The smallest absolute Gasteiger partial charge is 0.278 e. The molecule has 1 aromatic carbocycles. The van der Waals surface area contributed by atoms with Crippen LogP contribution in [0.2, 0.25) is 5.02 Å². The monoisotopic (exact) mass is 330 g/mol. The van der Waals surface area contributed by atoms with Gasteiger partial charge in [0.05, 0.1) is 17.8 Å². The molecule has 7 heteroatoms. The van der Waals surface area contributed by atoms with Crippen LogP contribution in [-0.2, 0) is 6.54 Å². The molecule has 1 N–H and O–H groups in total. The molecular weight excluding hydrogens is 316 g/mol. The van der Waals surface area contributed by atoms with E-state index in [9.17, 15) is 4.79 Å². The minimum Gasteiger partial charge on any atom is -0.361 e. The Kier molecular flexibility index (Phi) is 4.16. The highest BCUT2D eigenvalue weighted by molar-refractivity contribution is 6.30. The lowest BCUT2D eigenvalue weighted by molar-refractivity contribution is 0.101. The van der Waals surface area contributed by atoms with Crippen molar-refractivity contribution in [1.29, 1.82) is 0 Å². The third-order valence-electron chi connectivity index (χ3n) is 3.43. The van der Waals surface area contributed by atoms with Crippen LogP contribution in [0.25, 0.3) is 0 Å². The second kappa shape index (κ2) is 6.26. The fourth-order valence-electron chi connectivity index (χ4n) is 2.17. The molecule has 0 aliphatic rings. The van der Waals surface area contributed by atoms with Crippen molar-refractivity contribution in [3.63, 3.8) is 0 Å². The Morgan fingerprint density at radius 2 is 2.04 bits per heavy atom. The van der Waals surface area contributed by atoms with Gasteiger partial charge >= 0.3 is 0 Å².